The molecule has 0 atom stereocenters. The molecule has 0 aromatic heterocycles. The number of hydrogen-bond donors (Lipinski definition) is 0. The Hall–Kier alpha value is -1.22. The lowest BCUT2D eigenvalue weighted by atomic mass is 10.1. The highest BCUT2D eigenvalue weighted by Crippen LogP contribution is 2.31. The largest absolute Gasteiger partial charge is 0.207 e. The molecule has 0 heterocycles. The monoisotopic (exact) mass is 268 g/mol. The zero-order chi connectivity index (χ0) is 10.8. The molecular formula is C12H7BrF2. The Morgan fingerprint density at radius 2 is 1.60 bits per heavy atom. The summed E-state index contributed by atoms with van der Waals surface area (Å²) in [6, 6.07) is 11.2. The summed E-state index contributed by atoms with van der Waals surface area (Å²) in [5.74, 6) is -1.15. The molecule has 15 heavy (non-hydrogen) atoms. The van der Waals surface area contributed by atoms with Gasteiger partial charge in [-0.2, -0.15) is 0 Å². The maximum Gasteiger partial charge on any atom is 0.135 e. The van der Waals surface area contributed by atoms with Gasteiger partial charge in [0.15, 0.2) is 0 Å². The van der Waals surface area contributed by atoms with Crippen LogP contribution in [-0.2, 0) is 0 Å². The predicted molar refractivity (Wildman–Crippen MR) is 59.5 cm³/mol. The average molecular weight is 269 g/mol. The van der Waals surface area contributed by atoms with Crippen LogP contribution in [-0.4, -0.2) is 0 Å². The second-order valence-electron chi connectivity index (χ2n) is 3.11. The first-order valence-corrected chi connectivity index (χ1v) is 5.18. The Bertz CT molecular complexity index is 457. The van der Waals surface area contributed by atoms with E-state index in [1.165, 1.54) is 6.07 Å². The number of hydrogen-bond acceptors (Lipinski definition) is 0. The van der Waals surface area contributed by atoms with Gasteiger partial charge < -0.3 is 0 Å². The zero-order valence-corrected chi connectivity index (χ0v) is 9.26. The van der Waals surface area contributed by atoms with Crippen LogP contribution in [0.2, 0.25) is 0 Å². The highest BCUT2D eigenvalue weighted by Gasteiger charge is 2.10. The molecule has 0 aliphatic carbocycles. The van der Waals surface area contributed by atoms with Gasteiger partial charge in [-0.1, -0.05) is 30.3 Å². The summed E-state index contributed by atoms with van der Waals surface area (Å²) in [7, 11) is 0. The van der Waals surface area contributed by atoms with Crippen molar-refractivity contribution >= 4 is 15.9 Å². The van der Waals surface area contributed by atoms with Crippen molar-refractivity contribution in [3.05, 3.63) is 58.6 Å². The Morgan fingerprint density at radius 3 is 2.20 bits per heavy atom. The van der Waals surface area contributed by atoms with Crippen molar-refractivity contribution in [1.82, 2.24) is 0 Å². The maximum atomic E-state index is 13.5. The molecule has 0 amide bonds. The lowest BCUT2D eigenvalue weighted by Crippen LogP contribution is -1.88. The lowest BCUT2D eigenvalue weighted by Gasteiger charge is -2.06. The number of rotatable bonds is 1. The summed E-state index contributed by atoms with van der Waals surface area (Å²) in [5.41, 5.74) is 1.11. The zero-order valence-electron chi connectivity index (χ0n) is 7.68. The topological polar surface area (TPSA) is 0 Å². The molecule has 0 nitrogen and oxygen atoms in total. The van der Waals surface area contributed by atoms with Gasteiger partial charge in [-0.05, 0) is 27.6 Å². The van der Waals surface area contributed by atoms with E-state index >= 15 is 0 Å². The third-order valence-corrected chi connectivity index (χ3v) is 2.69. The Kier molecular flexibility index (Phi) is 2.82. The second kappa shape index (κ2) is 4.11. The van der Waals surface area contributed by atoms with Gasteiger partial charge in [0, 0.05) is 16.1 Å². The highest BCUT2D eigenvalue weighted by atomic mass is 79.9. The van der Waals surface area contributed by atoms with E-state index in [0.717, 1.165) is 11.6 Å². The minimum absolute atomic E-state index is 0.386. The number of benzene rings is 2. The van der Waals surface area contributed by atoms with Crippen molar-refractivity contribution < 1.29 is 8.78 Å². The Balaban J connectivity index is 2.64. The average Bonchev–Trinajstić information content (AvgIpc) is 2.17. The third kappa shape index (κ3) is 2.07. The molecule has 0 aliphatic rings. The van der Waals surface area contributed by atoms with Crippen molar-refractivity contribution in [1.29, 1.82) is 0 Å². The predicted octanol–water partition coefficient (Wildman–Crippen LogP) is 4.39. The smallest absolute Gasteiger partial charge is 0.135 e. The maximum absolute atomic E-state index is 13.5. The summed E-state index contributed by atoms with van der Waals surface area (Å²) in [6.07, 6.45) is 0. The Morgan fingerprint density at radius 1 is 0.933 bits per heavy atom. The van der Waals surface area contributed by atoms with Crippen molar-refractivity contribution in [2.45, 2.75) is 0 Å². The fourth-order valence-electron chi connectivity index (χ4n) is 1.42. The fraction of sp³-hybridized carbons (Fsp3) is 0. The van der Waals surface area contributed by atoms with Gasteiger partial charge in [-0.3, -0.25) is 0 Å². The third-order valence-electron chi connectivity index (χ3n) is 2.07. The highest BCUT2D eigenvalue weighted by molar-refractivity contribution is 9.10. The van der Waals surface area contributed by atoms with Crippen LogP contribution in [0.1, 0.15) is 0 Å². The van der Waals surface area contributed by atoms with Crippen LogP contribution in [0.5, 0.6) is 0 Å². The molecule has 2 aromatic rings. The molecule has 76 valence electrons. The second-order valence-corrected chi connectivity index (χ2v) is 3.96. The van der Waals surface area contributed by atoms with E-state index in [1.54, 1.807) is 12.1 Å². The van der Waals surface area contributed by atoms with E-state index in [1.807, 2.05) is 18.2 Å². The minimum Gasteiger partial charge on any atom is -0.207 e. The van der Waals surface area contributed by atoms with Crippen LogP contribution in [0.4, 0.5) is 8.78 Å². The first-order valence-electron chi connectivity index (χ1n) is 4.38. The molecule has 0 unspecified atom stereocenters. The van der Waals surface area contributed by atoms with Crippen LogP contribution in [0, 0.1) is 11.6 Å². The molecule has 2 rings (SSSR count). The van der Waals surface area contributed by atoms with Crippen LogP contribution in [0.25, 0.3) is 11.1 Å². The van der Waals surface area contributed by atoms with Gasteiger partial charge in [0.25, 0.3) is 0 Å². The van der Waals surface area contributed by atoms with E-state index in [4.69, 9.17) is 0 Å². The summed E-state index contributed by atoms with van der Waals surface area (Å²) in [6.45, 7) is 0. The van der Waals surface area contributed by atoms with Crippen LogP contribution in [0.15, 0.2) is 46.9 Å². The van der Waals surface area contributed by atoms with Gasteiger partial charge in [0.05, 0.1) is 0 Å². The molecule has 0 aliphatic heterocycles. The van der Waals surface area contributed by atoms with Crippen LogP contribution < -0.4 is 0 Å². The quantitative estimate of drug-likeness (QED) is 0.720. The van der Waals surface area contributed by atoms with Gasteiger partial charge in [0.1, 0.15) is 11.6 Å². The molecule has 0 spiro atoms. The first-order chi connectivity index (χ1) is 7.18. The van der Waals surface area contributed by atoms with Crippen molar-refractivity contribution in [2.75, 3.05) is 0 Å². The molecule has 2 aromatic carbocycles. The standard InChI is InChI=1S/C12H7BrF2/c13-10-6-9(14)7-11(15)12(10)8-4-2-1-3-5-8/h1-7H. The summed E-state index contributed by atoms with van der Waals surface area (Å²) < 4.78 is 26.8. The van der Waals surface area contributed by atoms with E-state index in [0.29, 0.717) is 10.0 Å². The van der Waals surface area contributed by atoms with Gasteiger partial charge >= 0.3 is 0 Å². The molecule has 0 N–H and O–H groups in total. The summed E-state index contributed by atoms with van der Waals surface area (Å²) in [5, 5.41) is 0. The summed E-state index contributed by atoms with van der Waals surface area (Å²) >= 11 is 3.15. The molecule has 3 heteroatoms. The molecular weight excluding hydrogens is 262 g/mol. The first kappa shape index (κ1) is 10.3. The van der Waals surface area contributed by atoms with Crippen LogP contribution in [0.3, 0.4) is 0 Å². The summed E-state index contributed by atoms with van der Waals surface area (Å²) in [4.78, 5) is 0. The Labute approximate surface area is 94.7 Å². The molecule has 0 radical (unpaired) electrons. The number of halogens is 3. The SMILES string of the molecule is Fc1cc(F)c(-c2ccccc2)c(Br)c1. The minimum atomic E-state index is -0.584. The van der Waals surface area contributed by atoms with Crippen LogP contribution >= 0.6 is 15.9 Å². The van der Waals surface area contributed by atoms with E-state index in [9.17, 15) is 8.78 Å². The fourth-order valence-corrected chi connectivity index (χ4v) is 2.06. The van der Waals surface area contributed by atoms with Crippen molar-refractivity contribution in [3.63, 3.8) is 0 Å². The van der Waals surface area contributed by atoms with Gasteiger partial charge in [-0.25, -0.2) is 8.78 Å². The molecule has 0 saturated carbocycles. The van der Waals surface area contributed by atoms with E-state index in [2.05, 4.69) is 15.9 Å². The molecule has 0 fully saturated rings. The van der Waals surface area contributed by atoms with Crippen molar-refractivity contribution in [2.24, 2.45) is 0 Å². The molecule has 0 bridgehead atoms. The van der Waals surface area contributed by atoms with E-state index < -0.39 is 11.6 Å². The van der Waals surface area contributed by atoms with Crippen molar-refractivity contribution in [3.8, 4) is 11.1 Å². The van der Waals surface area contributed by atoms with E-state index in [-0.39, 0.29) is 0 Å². The molecule has 0 saturated heterocycles. The normalized spacial score (nSPS) is 10.3. The van der Waals surface area contributed by atoms with Gasteiger partial charge in [0.2, 0.25) is 0 Å². The lowest BCUT2D eigenvalue weighted by molar-refractivity contribution is 0.584. The van der Waals surface area contributed by atoms with Gasteiger partial charge in [-0.15, -0.1) is 0 Å².